The van der Waals surface area contributed by atoms with Gasteiger partial charge in [-0.1, -0.05) is 13.3 Å². The Bertz CT molecular complexity index is 408. The van der Waals surface area contributed by atoms with Gasteiger partial charge in [0.25, 0.3) is 5.91 Å². The predicted octanol–water partition coefficient (Wildman–Crippen LogP) is 1.36. The van der Waals surface area contributed by atoms with Crippen LogP contribution in [-0.4, -0.2) is 28.9 Å². The van der Waals surface area contributed by atoms with E-state index in [-0.39, 0.29) is 0 Å². The van der Waals surface area contributed by atoms with Crippen molar-refractivity contribution in [1.29, 1.82) is 0 Å². The number of carbonyl (C=O) groups is 1. The van der Waals surface area contributed by atoms with Gasteiger partial charge >= 0.3 is 0 Å². The largest absolute Gasteiger partial charge is 0.381 e. The van der Waals surface area contributed by atoms with E-state index in [1.165, 1.54) is 0 Å². The number of carbonyl (C=O) groups excluding carboxylic acids is 1. The van der Waals surface area contributed by atoms with Gasteiger partial charge in [-0.05, 0) is 25.3 Å². The molecular formula is C13H21N3O2. The van der Waals surface area contributed by atoms with Gasteiger partial charge in [0.2, 0.25) is 0 Å². The molecule has 1 saturated heterocycles. The molecule has 1 aromatic rings. The maximum atomic E-state index is 11.2. The Morgan fingerprint density at radius 3 is 3.11 bits per heavy atom. The molecule has 1 unspecified atom stereocenters. The lowest BCUT2D eigenvalue weighted by molar-refractivity contribution is 0.0994. The highest BCUT2D eigenvalue weighted by molar-refractivity contribution is 5.90. The van der Waals surface area contributed by atoms with E-state index in [0.717, 1.165) is 51.1 Å². The van der Waals surface area contributed by atoms with Crippen LogP contribution < -0.4 is 5.73 Å². The Morgan fingerprint density at radius 2 is 2.50 bits per heavy atom. The van der Waals surface area contributed by atoms with Crippen molar-refractivity contribution in [2.24, 2.45) is 11.7 Å². The number of ether oxygens (including phenoxy) is 1. The van der Waals surface area contributed by atoms with Gasteiger partial charge in [-0.3, -0.25) is 9.48 Å². The van der Waals surface area contributed by atoms with Crippen LogP contribution in [0.4, 0.5) is 0 Å². The molecule has 1 aliphatic rings. The van der Waals surface area contributed by atoms with Crippen LogP contribution in [0, 0.1) is 5.92 Å². The van der Waals surface area contributed by atoms with Crippen molar-refractivity contribution >= 4 is 5.91 Å². The molecule has 2 heterocycles. The summed E-state index contributed by atoms with van der Waals surface area (Å²) in [5.41, 5.74) is 6.78. The van der Waals surface area contributed by atoms with Crippen LogP contribution in [0.15, 0.2) is 6.07 Å². The van der Waals surface area contributed by atoms with E-state index in [4.69, 9.17) is 10.5 Å². The highest BCUT2D eigenvalue weighted by atomic mass is 16.5. The van der Waals surface area contributed by atoms with E-state index >= 15 is 0 Å². The Labute approximate surface area is 107 Å². The van der Waals surface area contributed by atoms with E-state index in [0.29, 0.717) is 11.6 Å². The molecule has 5 heteroatoms. The molecule has 1 amide bonds. The molecule has 5 nitrogen and oxygen atoms in total. The molecule has 18 heavy (non-hydrogen) atoms. The molecule has 1 atom stereocenters. The Morgan fingerprint density at radius 1 is 1.67 bits per heavy atom. The SMILES string of the molecule is CCCCc1cc(C(N)=O)nn1CC1CCOC1. The van der Waals surface area contributed by atoms with E-state index in [1.807, 2.05) is 10.7 Å². The minimum Gasteiger partial charge on any atom is -0.381 e. The first-order valence-electron chi connectivity index (χ1n) is 6.65. The molecule has 0 saturated carbocycles. The molecule has 1 fully saturated rings. The van der Waals surface area contributed by atoms with Gasteiger partial charge in [-0.15, -0.1) is 0 Å². The zero-order valence-corrected chi connectivity index (χ0v) is 10.9. The number of nitrogens with two attached hydrogens (primary N) is 1. The normalized spacial score (nSPS) is 19.3. The van der Waals surface area contributed by atoms with Crippen molar-refractivity contribution in [3.8, 4) is 0 Å². The monoisotopic (exact) mass is 251 g/mol. The van der Waals surface area contributed by atoms with Crippen LogP contribution in [-0.2, 0) is 17.7 Å². The number of unbranched alkanes of at least 4 members (excludes halogenated alkanes) is 1. The average Bonchev–Trinajstić information content (AvgIpc) is 2.97. The molecule has 0 aromatic carbocycles. The fourth-order valence-corrected chi connectivity index (χ4v) is 2.26. The van der Waals surface area contributed by atoms with Gasteiger partial charge < -0.3 is 10.5 Å². The fourth-order valence-electron chi connectivity index (χ4n) is 2.26. The zero-order chi connectivity index (χ0) is 13.0. The lowest BCUT2D eigenvalue weighted by Gasteiger charge is -2.11. The van der Waals surface area contributed by atoms with Gasteiger partial charge in [0.1, 0.15) is 5.69 Å². The molecule has 1 aliphatic heterocycles. The second-order valence-electron chi connectivity index (χ2n) is 4.90. The lowest BCUT2D eigenvalue weighted by Crippen LogP contribution is -2.16. The van der Waals surface area contributed by atoms with Gasteiger partial charge in [-0.25, -0.2) is 0 Å². The summed E-state index contributed by atoms with van der Waals surface area (Å²) in [6.45, 7) is 4.60. The molecule has 100 valence electrons. The summed E-state index contributed by atoms with van der Waals surface area (Å²) in [5, 5.41) is 4.31. The second kappa shape index (κ2) is 6.00. The number of nitrogens with zero attached hydrogens (tertiary/aromatic N) is 2. The fraction of sp³-hybridized carbons (Fsp3) is 0.692. The van der Waals surface area contributed by atoms with Crippen molar-refractivity contribution in [2.45, 2.75) is 39.2 Å². The summed E-state index contributed by atoms with van der Waals surface area (Å²) in [5.74, 6) is 0.0557. The van der Waals surface area contributed by atoms with E-state index < -0.39 is 5.91 Å². The predicted molar refractivity (Wildman–Crippen MR) is 68.3 cm³/mol. The molecule has 1 aromatic heterocycles. The van der Waals surface area contributed by atoms with Crippen molar-refractivity contribution in [3.05, 3.63) is 17.5 Å². The number of primary amides is 1. The summed E-state index contributed by atoms with van der Waals surface area (Å²) in [4.78, 5) is 11.2. The van der Waals surface area contributed by atoms with E-state index in [9.17, 15) is 4.79 Å². The summed E-state index contributed by atoms with van der Waals surface area (Å²) >= 11 is 0. The number of hydrogen-bond donors (Lipinski definition) is 1. The minimum absolute atomic E-state index is 0.375. The number of aromatic nitrogens is 2. The van der Waals surface area contributed by atoms with Crippen LogP contribution >= 0.6 is 0 Å². The quantitative estimate of drug-likeness (QED) is 0.830. The smallest absolute Gasteiger partial charge is 0.269 e. The highest BCUT2D eigenvalue weighted by Crippen LogP contribution is 2.17. The van der Waals surface area contributed by atoms with Gasteiger partial charge in [-0.2, -0.15) is 5.10 Å². The maximum Gasteiger partial charge on any atom is 0.269 e. The standard InChI is InChI=1S/C13H21N3O2/c1-2-3-4-11-7-12(13(14)17)15-16(11)8-10-5-6-18-9-10/h7,10H,2-6,8-9H2,1H3,(H2,14,17). The Hall–Kier alpha value is -1.36. The minimum atomic E-state index is -0.450. The van der Waals surface area contributed by atoms with Crippen LogP contribution in [0.1, 0.15) is 42.4 Å². The summed E-state index contributed by atoms with van der Waals surface area (Å²) < 4.78 is 7.31. The first kappa shape index (κ1) is 13.1. The van der Waals surface area contributed by atoms with Gasteiger partial charge in [0, 0.05) is 24.8 Å². The lowest BCUT2D eigenvalue weighted by atomic mass is 10.1. The molecule has 0 radical (unpaired) electrons. The Balaban J connectivity index is 2.11. The summed E-state index contributed by atoms with van der Waals surface area (Å²) in [7, 11) is 0. The number of aryl methyl sites for hydroxylation is 1. The van der Waals surface area contributed by atoms with E-state index in [1.54, 1.807) is 0 Å². The third kappa shape index (κ3) is 3.10. The summed E-state index contributed by atoms with van der Waals surface area (Å²) in [6, 6.07) is 1.83. The molecule has 0 bridgehead atoms. The van der Waals surface area contributed by atoms with Gasteiger partial charge in [0.05, 0.1) is 6.61 Å². The molecular weight excluding hydrogens is 230 g/mol. The molecule has 2 N–H and O–H groups in total. The topological polar surface area (TPSA) is 70.1 Å². The van der Waals surface area contributed by atoms with Crippen LogP contribution in [0.25, 0.3) is 0 Å². The second-order valence-corrected chi connectivity index (χ2v) is 4.90. The van der Waals surface area contributed by atoms with Crippen molar-refractivity contribution in [2.75, 3.05) is 13.2 Å². The first-order chi connectivity index (χ1) is 8.70. The number of amides is 1. The third-order valence-corrected chi connectivity index (χ3v) is 3.36. The van der Waals surface area contributed by atoms with Crippen LogP contribution in [0.2, 0.25) is 0 Å². The third-order valence-electron chi connectivity index (χ3n) is 3.36. The summed E-state index contributed by atoms with van der Waals surface area (Å²) in [6.07, 6.45) is 4.25. The average molecular weight is 251 g/mol. The Kier molecular flexibility index (Phi) is 4.36. The molecule has 2 rings (SSSR count). The zero-order valence-electron chi connectivity index (χ0n) is 10.9. The van der Waals surface area contributed by atoms with Crippen LogP contribution in [0.3, 0.4) is 0 Å². The first-order valence-corrected chi connectivity index (χ1v) is 6.65. The molecule has 0 spiro atoms. The number of hydrogen-bond acceptors (Lipinski definition) is 3. The molecule has 0 aliphatic carbocycles. The van der Waals surface area contributed by atoms with Gasteiger partial charge in [0.15, 0.2) is 0 Å². The van der Waals surface area contributed by atoms with Crippen LogP contribution in [0.5, 0.6) is 0 Å². The number of rotatable bonds is 6. The maximum absolute atomic E-state index is 11.2. The van der Waals surface area contributed by atoms with Crippen molar-refractivity contribution in [1.82, 2.24) is 9.78 Å². The van der Waals surface area contributed by atoms with Crippen molar-refractivity contribution < 1.29 is 9.53 Å². The highest BCUT2D eigenvalue weighted by Gasteiger charge is 2.19. The van der Waals surface area contributed by atoms with E-state index in [2.05, 4.69) is 12.0 Å². The van der Waals surface area contributed by atoms with Crippen molar-refractivity contribution in [3.63, 3.8) is 0 Å².